The van der Waals surface area contributed by atoms with Crippen LogP contribution >= 0.6 is 0 Å². The molecule has 1 rings (SSSR count). The molecular formula is C8H14N2O2. The highest BCUT2D eigenvalue weighted by Gasteiger charge is 2.25. The first-order valence-corrected chi connectivity index (χ1v) is 4.32. The predicted octanol–water partition coefficient (Wildman–Crippen LogP) is -0.209. The van der Waals surface area contributed by atoms with Crippen LogP contribution < -0.4 is 10.6 Å². The zero-order valence-electron chi connectivity index (χ0n) is 7.22. The molecule has 0 atom stereocenters. The summed E-state index contributed by atoms with van der Waals surface area (Å²) in [4.78, 5) is 21.9. The molecule has 0 spiro atoms. The SMILES string of the molecule is CCCNC(=O)C(=O)NC1CC1. The van der Waals surface area contributed by atoms with Crippen LogP contribution in [-0.4, -0.2) is 24.4 Å². The molecule has 0 saturated heterocycles. The summed E-state index contributed by atoms with van der Waals surface area (Å²) in [5, 5.41) is 5.13. The third-order valence-corrected chi connectivity index (χ3v) is 1.65. The molecule has 0 aromatic heterocycles. The van der Waals surface area contributed by atoms with Gasteiger partial charge in [0, 0.05) is 12.6 Å². The Morgan fingerprint density at radius 1 is 1.33 bits per heavy atom. The molecule has 2 amide bonds. The van der Waals surface area contributed by atoms with Crippen molar-refractivity contribution >= 4 is 11.8 Å². The summed E-state index contributed by atoms with van der Waals surface area (Å²) >= 11 is 0. The highest BCUT2D eigenvalue weighted by molar-refractivity contribution is 6.35. The van der Waals surface area contributed by atoms with Gasteiger partial charge >= 0.3 is 11.8 Å². The van der Waals surface area contributed by atoms with Crippen LogP contribution in [0.1, 0.15) is 26.2 Å². The fourth-order valence-electron chi connectivity index (χ4n) is 0.797. The minimum atomic E-state index is -0.510. The number of hydrogen-bond donors (Lipinski definition) is 2. The lowest BCUT2D eigenvalue weighted by Crippen LogP contribution is -2.41. The molecule has 0 aliphatic heterocycles. The number of amides is 2. The average Bonchev–Trinajstić information content (AvgIpc) is 2.83. The second-order valence-electron chi connectivity index (χ2n) is 3.00. The normalized spacial score (nSPS) is 15.4. The monoisotopic (exact) mass is 170 g/mol. The fourth-order valence-corrected chi connectivity index (χ4v) is 0.797. The first-order chi connectivity index (χ1) is 5.74. The Bertz CT molecular complexity index is 187. The Morgan fingerprint density at radius 3 is 2.50 bits per heavy atom. The van der Waals surface area contributed by atoms with E-state index in [1.165, 1.54) is 0 Å². The first kappa shape index (κ1) is 9.03. The Balaban J connectivity index is 2.15. The van der Waals surface area contributed by atoms with Crippen molar-refractivity contribution in [3.05, 3.63) is 0 Å². The Kier molecular flexibility index (Phi) is 3.08. The van der Waals surface area contributed by atoms with Crippen molar-refractivity contribution in [2.24, 2.45) is 0 Å². The Morgan fingerprint density at radius 2 is 2.00 bits per heavy atom. The van der Waals surface area contributed by atoms with Crippen LogP contribution in [-0.2, 0) is 9.59 Å². The molecule has 68 valence electrons. The lowest BCUT2D eigenvalue weighted by Gasteiger charge is -2.02. The van der Waals surface area contributed by atoms with Crippen LogP contribution in [0.15, 0.2) is 0 Å². The lowest BCUT2D eigenvalue weighted by molar-refractivity contribution is -0.139. The van der Waals surface area contributed by atoms with Crippen molar-refractivity contribution in [3.8, 4) is 0 Å². The van der Waals surface area contributed by atoms with Gasteiger partial charge in [0.25, 0.3) is 0 Å². The molecule has 1 saturated carbocycles. The van der Waals surface area contributed by atoms with Crippen LogP contribution in [0, 0.1) is 0 Å². The molecule has 2 N–H and O–H groups in total. The number of nitrogens with one attached hydrogen (secondary N) is 2. The van der Waals surface area contributed by atoms with E-state index in [1.54, 1.807) is 0 Å². The zero-order valence-corrected chi connectivity index (χ0v) is 7.22. The van der Waals surface area contributed by atoms with Gasteiger partial charge in [-0.3, -0.25) is 9.59 Å². The largest absolute Gasteiger partial charge is 0.348 e. The Labute approximate surface area is 71.7 Å². The average molecular weight is 170 g/mol. The van der Waals surface area contributed by atoms with Crippen LogP contribution in [0.4, 0.5) is 0 Å². The van der Waals surface area contributed by atoms with Gasteiger partial charge < -0.3 is 10.6 Å². The maximum absolute atomic E-state index is 11.0. The van der Waals surface area contributed by atoms with Crippen LogP contribution in [0.5, 0.6) is 0 Å². The first-order valence-electron chi connectivity index (χ1n) is 4.32. The standard InChI is InChI=1S/C8H14N2O2/c1-2-5-9-7(11)8(12)10-6-3-4-6/h6H,2-5H2,1H3,(H,9,11)(H,10,12). The smallest absolute Gasteiger partial charge is 0.309 e. The minimum absolute atomic E-state index is 0.255. The molecule has 0 radical (unpaired) electrons. The van der Waals surface area contributed by atoms with Gasteiger partial charge in [-0.05, 0) is 19.3 Å². The van der Waals surface area contributed by atoms with Gasteiger partial charge in [-0.15, -0.1) is 0 Å². The van der Waals surface area contributed by atoms with E-state index < -0.39 is 11.8 Å². The summed E-state index contributed by atoms with van der Waals surface area (Å²) in [6.07, 6.45) is 2.86. The van der Waals surface area contributed by atoms with Crippen LogP contribution in [0.25, 0.3) is 0 Å². The molecule has 1 aliphatic rings. The number of hydrogen-bond acceptors (Lipinski definition) is 2. The fraction of sp³-hybridized carbons (Fsp3) is 0.750. The summed E-state index contributed by atoms with van der Waals surface area (Å²) in [5.74, 6) is -1.00. The van der Waals surface area contributed by atoms with Gasteiger partial charge in [-0.1, -0.05) is 6.92 Å². The van der Waals surface area contributed by atoms with Crippen molar-refractivity contribution in [1.29, 1.82) is 0 Å². The molecule has 1 aliphatic carbocycles. The van der Waals surface area contributed by atoms with E-state index >= 15 is 0 Å². The van der Waals surface area contributed by atoms with Gasteiger partial charge in [0.2, 0.25) is 0 Å². The van der Waals surface area contributed by atoms with E-state index in [1.807, 2.05) is 6.92 Å². The van der Waals surface area contributed by atoms with E-state index in [0.29, 0.717) is 6.54 Å². The molecule has 12 heavy (non-hydrogen) atoms. The molecule has 0 aromatic carbocycles. The quantitative estimate of drug-likeness (QED) is 0.576. The van der Waals surface area contributed by atoms with Crippen molar-refractivity contribution < 1.29 is 9.59 Å². The third-order valence-electron chi connectivity index (χ3n) is 1.65. The number of carbonyl (C=O) groups excluding carboxylic acids is 2. The second-order valence-corrected chi connectivity index (χ2v) is 3.00. The van der Waals surface area contributed by atoms with Gasteiger partial charge in [-0.25, -0.2) is 0 Å². The third kappa shape index (κ3) is 2.90. The summed E-state index contributed by atoms with van der Waals surface area (Å²) in [6, 6.07) is 0.255. The summed E-state index contributed by atoms with van der Waals surface area (Å²) in [6.45, 7) is 2.51. The van der Waals surface area contributed by atoms with Gasteiger partial charge in [0.1, 0.15) is 0 Å². The molecule has 0 heterocycles. The number of carbonyl (C=O) groups is 2. The summed E-state index contributed by atoms with van der Waals surface area (Å²) in [7, 11) is 0. The van der Waals surface area contributed by atoms with E-state index in [4.69, 9.17) is 0 Å². The van der Waals surface area contributed by atoms with Crippen molar-refractivity contribution in [2.75, 3.05) is 6.54 Å². The maximum atomic E-state index is 11.0. The van der Waals surface area contributed by atoms with Gasteiger partial charge in [-0.2, -0.15) is 0 Å². The van der Waals surface area contributed by atoms with Crippen molar-refractivity contribution in [1.82, 2.24) is 10.6 Å². The molecule has 0 bridgehead atoms. The predicted molar refractivity (Wildman–Crippen MR) is 44.5 cm³/mol. The second kappa shape index (κ2) is 4.09. The number of rotatable bonds is 3. The molecule has 0 unspecified atom stereocenters. The molecule has 4 nitrogen and oxygen atoms in total. The zero-order chi connectivity index (χ0) is 8.97. The highest BCUT2D eigenvalue weighted by Crippen LogP contribution is 2.18. The topological polar surface area (TPSA) is 58.2 Å². The van der Waals surface area contributed by atoms with Crippen LogP contribution in [0.3, 0.4) is 0 Å². The molecular weight excluding hydrogens is 156 g/mol. The molecule has 1 fully saturated rings. The Hall–Kier alpha value is -1.06. The van der Waals surface area contributed by atoms with Gasteiger partial charge in [0.05, 0.1) is 0 Å². The van der Waals surface area contributed by atoms with E-state index in [0.717, 1.165) is 19.3 Å². The molecule has 0 aromatic rings. The van der Waals surface area contributed by atoms with E-state index in [2.05, 4.69) is 10.6 Å². The highest BCUT2D eigenvalue weighted by atomic mass is 16.2. The van der Waals surface area contributed by atoms with E-state index in [9.17, 15) is 9.59 Å². The van der Waals surface area contributed by atoms with Crippen molar-refractivity contribution in [2.45, 2.75) is 32.2 Å². The molecule has 4 heteroatoms. The lowest BCUT2D eigenvalue weighted by atomic mass is 10.4. The maximum Gasteiger partial charge on any atom is 0.309 e. The minimum Gasteiger partial charge on any atom is -0.348 e. The van der Waals surface area contributed by atoms with Gasteiger partial charge in [0.15, 0.2) is 0 Å². The van der Waals surface area contributed by atoms with E-state index in [-0.39, 0.29) is 6.04 Å². The van der Waals surface area contributed by atoms with Crippen LogP contribution in [0.2, 0.25) is 0 Å². The summed E-state index contributed by atoms with van der Waals surface area (Å²) < 4.78 is 0. The summed E-state index contributed by atoms with van der Waals surface area (Å²) in [5.41, 5.74) is 0. The van der Waals surface area contributed by atoms with Crippen molar-refractivity contribution in [3.63, 3.8) is 0 Å².